The zero-order valence-electron chi connectivity index (χ0n) is 15.8. The van der Waals surface area contributed by atoms with Gasteiger partial charge in [0.15, 0.2) is 5.69 Å². The number of nitrogens with one attached hydrogen (secondary N) is 2. The maximum atomic E-state index is 13.0. The normalized spacial score (nSPS) is 18.7. The molecular formula is C21H29F3N6O. The molecule has 31 heavy (non-hydrogen) atoms. The van der Waals surface area contributed by atoms with Crippen molar-refractivity contribution in [3.63, 3.8) is 0 Å². The van der Waals surface area contributed by atoms with Crippen LogP contribution in [-0.2, 0) is 13.2 Å². The second-order valence-electron chi connectivity index (χ2n) is 7.32. The van der Waals surface area contributed by atoms with Gasteiger partial charge in [-0.3, -0.25) is 9.20 Å². The third kappa shape index (κ3) is 5.18. The minimum atomic E-state index is -4.48. The molecular weight excluding hydrogens is 409 g/mol. The molecule has 0 aliphatic heterocycles. The van der Waals surface area contributed by atoms with Gasteiger partial charge in [-0.15, -0.1) is 0 Å². The predicted molar refractivity (Wildman–Crippen MR) is 114 cm³/mol. The molecule has 0 aromatic carbocycles. The molecule has 3 heterocycles. The molecule has 10 heteroatoms. The molecule has 2 N–H and O–H groups in total. The van der Waals surface area contributed by atoms with Crippen LogP contribution in [0.2, 0.25) is 0 Å². The number of hydrogen-bond acceptors (Lipinski definition) is 4. The lowest BCUT2D eigenvalue weighted by Gasteiger charge is -2.30. The average molecular weight is 438 g/mol. The lowest BCUT2D eigenvalue weighted by atomic mass is 9.91. The summed E-state index contributed by atoms with van der Waals surface area (Å²) >= 11 is 0. The second kappa shape index (κ2) is 9.40. The van der Waals surface area contributed by atoms with Crippen LogP contribution in [0.1, 0.15) is 56.7 Å². The largest absolute Gasteiger partial charge is 0.434 e. The van der Waals surface area contributed by atoms with Crippen LogP contribution in [0.3, 0.4) is 0 Å². The maximum Gasteiger partial charge on any atom is 0.434 e. The van der Waals surface area contributed by atoms with Crippen LogP contribution in [-0.4, -0.2) is 36.9 Å². The molecule has 7 nitrogen and oxygen atoms in total. The highest BCUT2D eigenvalue weighted by Gasteiger charge is 2.34. The van der Waals surface area contributed by atoms with E-state index in [1.54, 1.807) is 36.1 Å². The van der Waals surface area contributed by atoms with E-state index < -0.39 is 11.9 Å². The summed E-state index contributed by atoms with van der Waals surface area (Å²) in [5, 5.41) is 6.36. The Morgan fingerprint density at radius 1 is 1.13 bits per heavy atom. The number of anilines is 1. The van der Waals surface area contributed by atoms with Crippen molar-refractivity contribution in [1.29, 1.82) is 0 Å². The van der Waals surface area contributed by atoms with Gasteiger partial charge in [0.25, 0.3) is 5.91 Å². The van der Waals surface area contributed by atoms with E-state index in [4.69, 9.17) is 0 Å². The van der Waals surface area contributed by atoms with E-state index in [0.29, 0.717) is 11.5 Å². The fourth-order valence-electron chi connectivity index (χ4n) is 3.69. The van der Waals surface area contributed by atoms with Gasteiger partial charge >= 0.3 is 6.18 Å². The van der Waals surface area contributed by atoms with Gasteiger partial charge in [-0.05, 0) is 37.8 Å². The number of alkyl halides is 3. The fraction of sp³-hybridized carbons (Fsp3) is 0.476. The van der Waals surface area contributed by atoms with Crippen molar-refractivity contribution >= 4 is 17.4 Å². The summed E-state index contributed by atoms with van der Waals surface area (Å²) in [7, 11) is 1.77. The molecule has 3 aromatic rings. The summed E-state index contributed by atoms with van der Waals surface area (Å²) in [4.78, 5) is 19.9. The third-order valence-corrected chi connectivity index (χ3v) is 5.25. The van der Waals surface area contributed by atoms with Crippen molar-refractivity contribution in [3.05, 3.63) is 48.3 Å². The molecule has 1 saturated carbocycles. The van der Waals surface area contributed by atoms with E-state index in [0.717, 1.165) is 31.9 Å². The Kier molecular flexibility index (Phi) is 7.35. The number of pyridine rings is 1. The van der Waals surface area contributed by atoms with Crippen LogP contribution >= 0.6 is 0 Å². The van der Waals surface area contributed by atoms with E-state index in [-0.39, 0.29) is 38.5 Å². The lowest BCUT2D eigenvalue weighted by molar-refractivity contribution is -0.140. The van der Waals surface area contributed by atoms with Crippen molar-refractivity contribution < 1.29 is 18.0 Å². The Morgan fingerprint density at radius 3 is 2.42 bits per heavy atom. The average Bonchev–Trinajstić information content (AvgIpc) is 3.30. The van der Waals surface area contributed by atoms with Gasteiger partial charge in [-0.25, -0.2) is 9.97 Å². The van der Waals surface area contributed by atoms with Gasteiger partial charge in [0.1, 0.15) is 17.2 Å². The minimum absolute atomic E-state index is 0. The Labute approximate surface area is 179 Å². The number of fused-ring (bicyclic) bond motifs is 1. The number of carbonyl (C=O) groups excluding carboxylic acids is 1. The van der Waals surface area contributed by atoms with Gasteiger partial charge in [-0.2, -0.15) is 13.2 Å². The first kappa shape index (κ1) is 24.2. The van der Waals surface area contributed by atoms with Gasteiger partial charge in [-0.1, -0.05) is 20.9 Å². The van der Waals surface area contributed by atoms with E-state index >= 15 is 0 Å². The summed E-state index contributed by atoms with van der Waals surface area (Å²) in [6.45, 7) is 0. The first-order valence-corrected chi connectivity index (χ1v) is 9.40. The monoisotopic (exact) mass is 438 g/mol. The summed E-state index contributed by atoms with van der Waals surface area (Å²) < 4.78 is 42.0. The van der Waals surface area contributed by atoms with Crippen LogP contribution in [0, 0.1) is 0 Å². The minimum Gasteiger partial charge on any atom is -0.368 e. The number of amides is 1. The molecule has 170 valence electrons. The Hall–Kier alpha value is -3.04. The number of imidazole rings is 2. The van der Waals surface area contributed by atoms with Crippen LogP contribution in [0.4, 0.5) is 19.0 Å². The summed E-state index contributed by atoms with van der Waals surface area (Å²) in [5.41, 5.74) is -0.148. The van der Waals surface area contributed by atoms with Crippen molar-refractivity contribution in [2.75, 3.05) is 5.32 Å². The third-order valence-electron chi connectivity index (χ3n) is 5.25. The van der Waals surface area contributed by atoms with Crippen molar-refractivity contribution in [3.8, 4) is 0 Å². The van der Waals surface area contributed by atoms with E-state index in [1.807, 2.05) is 0 Å². The summed E-state index contributed by atoms with van der Waals surface area (Å²) in [6, 6.07) is 5.15. The number of aromatic nitrogens is 4. The molecule has 1 aliphatic rings. The number of rotatable bonds is 4. The molecule has 0 saturated heterocycles. The molecule has 1 fully saturated rings. The molecule has 3 aromatic heterocycles. The molecule has 4 rings (SSSR count). The molecule has 1 amide bonds. The smallest absolute Gasteiger partial charge is 0.368 e. The number of carbonyl (C=O) groups is 1. The predicted octanol–water partition coefficient (Wildman–Crippen LogP) is 4.51. The van der Waals surface area contributed by atoms with Crippen molar-refractivity contribution in [2.45, 2.75) is 58.8 Å². The highest BCUT2D eigenvalue weighted by atomic mass is 19.4. The highest BCUT2D eigenvalue weighted by Crippen LogP contribution is 2.30. The molecule has 0 bridgehead atoms. The standard InChI is InChI=1S/C19H21F3N6O.2CH4/c1-27-11-23-9-14(27)18(29)25-13-7-5-12(6-8-13)24-16-3-2-4-17-26-15(10-28(16)17)19(20,21)22;;/h2-4,9-13,24H,5-8H2,1H3,(H,25,29);2*1H4. The van der Waals surface area contributed by atoms with Crippen LogP contribution in [0.5, 0.6) is 0 Å². The van der Waals surface area contributed by atoms with Gasteiger partial charge in [0.2, 0.25) is 0 Å². The molecule has 0 radical (unpaired) electrons. The van der Waals surface area contributed by atoms with E-state index in [1.165, 1.54) is 10.6 Å². The number of halogens is 3. The Bertz CT molecular complexity index is 1020. The first-order chi connectivity index (χ1) is 13.8. The lowest BCUT2D eigenvalue weighted by Crippen LogP contribution is -2.40. The fourth-order valence-corrected chi connectivity index (χ4v) is 3.69. The van der Waals surface area contributed by atoms with E-state index in [2.05, 4.69) is 20.6 Å². The highest BCUT2D eigenvalue weighted by molar-refractivity contribution is 5.92. The van der Waals surface area contributed by atoms with Crippen molar-refractivity contribution in [2.24, 2.45) is 7.05 Å². The van der Waals surface area contributed by atoms with Gasteiger partial charge in [0, 0.05) is 25.3 Å². The molecule has 0 atom stereocenters. The van der Waals surface area contributed by atoms with Gasteiger partial charge < -0.3 is 15.2 Å². The number of hydrogen-bond donors (Lipinski definition) is 2. The van der Waals surface area contributed by atoms with Crippen LogP contribution in [0.15, 0.2) is 36.9 Å². The van der Waals surface area contributed by atoms with Crippen molar-refractivity contribution in [1.82, 2.24) is 24.3 Å². The summed E-state index contributed by atoms with van der Waals surface area (Å²) in [6.07, 6.45) is 2.82. The first-order valence-electron chi connectivity index (χ1n) is 9.40. The maximum absolute atomic E-state index is 13.0. The number of nitrogens with zero attached hydrogens (tertiary/aromatic N) is 4. The molecule has 0 spiro atoms. The topological polar surface area (TPSA) is 76.2 Å². The quantitative estimate of drug-likeness (QED) is 0.628. The summed E-state index contributed by atoms with van der Waals surface area (Å²) in [5.74, 6) is 0.428. The van der Waals surface area contributed by atoms with Crippen LogP contribution in [0.25, 0.3) is 5.65 Å². The number of aryl methyl sites for hydroxylation is 1. The Balaban J connectivity index is 0.00000171. The SMILES string of the molecule is C.C.Cn1cncc1C(=O)NC1CCC(Nc2cccc3nc(C(F)(F)F)cn23)CC1. The zero-order valence-corrected chi connectivity index (χ0v) is 15.8. The zero-order chi connectivity index (χ0) is 20.6. The Morgan fingerprint density at radius 2 is 1.81 bits per heavy atom. The second-order valence-corrected chi connectivity index (χ2v) is 7.32. The van der Waals surface area contributed by atoms with Crippen LogP contribution < -0.4 is 10.6 Å². The van der Waals surface area contributed by atoms with Gasteiger partial charge in [0.05, 0.1) is 12.5 Å². The van der Waals surface area contributed by atoms with E-state index in [9.17, 15) is 18.0 Å². The molecule has 0 unspecified atom stereocenters. The molecule has 1 aliphatic carbocycles.